The molecule has 100 valence electrons. The van der Waals surface area contributed by atoms with Gasteiger partial charge in [-0.05, 0) is 24.3 Å². The van der Waals surface area contributed by atoms with E-state index in [1.807, 2.05) is 0 Å². The van der Waals surface area contributed by atoms with Crippen LogP contribution in [0.1, 0.15) is 5.56 Å². The average molecular weight is 298 g/mol. The van der Waals surface area contributed by atoms with Crippen LogP contribution in [0.5, 0.6) is 11.5 Å². The van der Waals surface area contributed by atoms with Crippen molar-refractivity contribution in [2.45, 2.75) is 6.61 Å². The molecule has 2 rings (SSSR count). The third-order valence-corrected chi connectivity index (χ3v) is 3.33. The molecule has 0 heterocycles. The van der Waals surface area contributed by atoms with E-state index in [0.29, 0.717) is 27.2 Å². The van der Waals surface area contributed by atoms with Crippen molar-refractivity contribution in [3.05, 3.63) is 52.0 Å². The first-order chi connectivity index (χ1) is 9.11. The Kier molecular flexibility index (Phi) is 4.40. The summed E-state index contributed by atoms with van der Waals surface area (Å²) in [6, 6.07) is 10.5. The first-order valence-electron chi connectivity index (χ1n) is 5.61. The minimum atomic E-state index is 0.263. The lowest BCUT2D eigenvalue weighted by Gasteiger charge is -2.12. The van der Waals surface area contributed by atoms with Crippen molar-refractivity contribution in [3.8, 4) is 11.5 Å². The van der Waals surface area contributed by atoms with Crippen molar-refractivity contribution in [2.24, 2.45) is 0 Å². The van der Waals surface area contributed by atoms with Crippen LogP contribution in [-0.2, 0) is 6.61 Å². The number of ether oxygens (including phenoxy) is 2. The van der Waals surface area contributed by atoms with Gasteiger partial charge in [-0.3, -0.25) is 0 Å². The Bertz CT molecular complexity index is 567. The molecule has 2 aromatic carbocycles. The van der Waals surface area contributed by atoms with E-state index in [2.05, 4.69) is 0 Å². The van der Waals surface area contributed by atoms with Gasteiger partial charge < -0.3 is 15.2 Å². The predicted molar refractivity (Wildman–Crippen MR) is 78.2 cm³/mol. The fourth-order valence-corrected chi connectivity index (χ4v) is 2.13. The number of hydrogen-bond donors (Lipinski definition) is 1. The van der Waals surface area contributed by atoms with Crippen LogP contribution < -0.4 is 15.2 Å². The summed E-state index contributed by atoms with van der Waals surface area (Å²) < 4.78 is 10.9. The Balaban J connectivity index is 2.19. The van der Waals surface area contributed by atoms with Crippen molar-refractivity contribution in [1.82, 2.24) is 0 Å². The predicted octanol–water partition coefficient (Wildman–Crippen LogP) is 4.16. The molecular formula is C14H13Cl2NO2. The highest BCUT2D eigenvalue weighted by molar-refractivity contribution is 6.35. The highest BCUT2D eigenvalue weighted by Crippen LogP contribution is 2.31. The van der Waals surface area contributed by atoms with E-state index in [9.17, 15) is 0 Å². The van der Waals surface area contributed by atoms with Crippen molar-refractivity contribution < 1.29 is 9.47 Å². The lowest BCUT2D eigenvalue weighted by atomic mass is 10.2. The van der Waals surface area contributed by atoms with E-state index in [-0.39, 0.29) is 6.61 Å². The van der Waals surface area contributed by atoms with E-state index < -0.39 is 0 Å². The van der Waals surface area contributed by atoms with E-state index in [0.717, 1.165) is 5.56 Å². The Labute approximate surface area is 121 Å². The molecule has 0 aromatic heterocycles. The number of hydrogen-bond acceptors (Lipinski definition) is 3. The zero-order valence-electron chi connectivity index (χ0n) is 10.3. The highest BCUT2D eigenvalue weighted by Gasteiger charge is 2.09. The van der Waals surface area contributed by atoms with Gasteiger partial charge >= 0.3 is 0 Å². The minimum absolute atomic E-state index is 0.263. The normalized spacial score (nSPS) is 10.3. The maximum atomic E-state index is 6.08. The number of benzene rings is 2. The molecule has 2 N–H and O–H groups in total. The second kappa shape index (κ2) is 6.04. The molecule has 0 unspecified atom stereocenters. The molecule has 19 heavy (non-hydrogen) atoms. The number of anilines is 1. The molecule has 0 aliphatic carbocycles. The smallest absolute Gasteiger partial charge is 0.162 e. The molecule has 3 nitrogen and oxygen atoms in total. The molecule has 0 saturated carbocycles. The molecule has 0 radical (unpaired) electrons. The van der Waals surface area contributed by atoms with Crippen LogP contribution in [0, 0.1) is 0 Å². The maximum absolute atomic E-state index is 6.08. The van der Waals surface area contributed by atoms with Gasteiger partial charge in [-0.2, -0.15) is 0 Å². The van der Waals surface area contributed by atoms with Gasteiger partial charge in [0.25, 0.3) is 0 Å². The van der Waals surface area contributed by atoms with Crippen LogP contribution in [0.15, 0.2) is 36.4 Å². The lowest BCUT2D eigenvalue weighted by Crippen LogP contribution is -1.99. The monoisotopic (exact) mass is 297 g/mol. The molecule has 0 atom stereocenters. The lowest BCUT2D eigenvalue weighted by molar-refractivity contribution is 0.285. The van der Waals surface area contributed by atoms with Gasteiger partial charge in [0.2, 0.25) is 0 Å². The Hall–Kier alpha value is -1.58. The molecule has 0 aliphatic rings. The molecule has 5 heteroatoms. The molecule has 0 bridgehead atoms. The Morgan fingerprint density at radius 1 is 1.05 bits per heavy atom. The van der Waals surface area contributed by atoms with Crippen LogP contribution in [0.25, 0.3) is 0 Å². The van der Waals surface area contributed by atoms with Crippen molar-refractivity contribution in [2.75, 3.05) is 12.8 Å². The first kappa shape index (κ1) is 13.8. The number of methoxy groups -OCH3 is 1. The molecule has 0 spiro atoms. The van der Waals surface area contributed by atoms with Crippen LogP contribution >= 0.6 is 23.2 Å². The molecular weight excluding hydrogens is 285 g/mol. The van der Waals surface area contributed by atoms with Crippen LogP contribution in [0.3, 0.4) is 0 Å². The van der Waals surface area contributed by atoms with Crippen molar-refractivity contribution in [1.29, 1.82) is 0 Å². The molecule has 2 aromatic rings. The fourth-order valence-electron chi connectivity index (χ4n) is 1.62. The summed E-state index contributed by atoms with van der Waals surface area (Å²) in [5.74, 6) is 1.16. The minimum Gasteiger partial charge on any atom is -0.493 e. The summed E-state index contributed by atoms with van der Waals surface area (Å²) >= 11 is 12.2. The standard InChI is InChI=1S/C14H13Cl2NO2/c1-18-14-7-9(17)5-6-13(14)19-8-10-11(15)3-2-4-12(10)16/h2-7H,8,17H2,1H3. The third kappa shape index (κ3) is 3.25. The fraction of sp³-hybridized carbons (Fsp3) is 0.143. The summed E-state index contributed by atoms with van der Waals surface area (Å²) in [5, 5.41) is 1.14. The molecule has 0 aliphatic heterocycles. The highest BCUT2D eigenvalue weighted by atomic mass is 35.5. The Morgan fingerprint density at radius 2 is 1.74 bits per heavy atom. The summed E-state index contributed by atoms with van der Waals surface area (Å²) in [6.07, 6.45) is 0. The molecule has 0 amide bonds. The topological polar surface area (TPSA) is 44.5 Å². The van der Waals surface area contributed by atoms with Crippen LogP contribution in [-0.4, -0.2) is 7.11 Å². The van der Waals surface area contributed by atoms with Crippen LogP contribution in [0.2, 0.25) is 10.0 Å². The quantitative estimate of drug-likeness (QED) is 0.862. The van der Waals surface area contributed by atoms with Gasteiger partial charge in [0.05, 0.1) is 7.11 Å². The van der Waals surface area contributed by atoms with Gasteiger partial charge in [-0.15, -0.1) is 0 Å². The van der Waals surface area contributed by atoms with Crippen LogP contribution in [0.4, 0.5) is 5.69 Å². The second-order valence-corrected chi connectivity index (χ2v) is 4.71. The number of rotatable bonds is 4. The zero-order valence-corrected chi connectivity index (χ0v) is 11.8. The molecule has 0 fully saturated rings. The van der Waals surface area contributed by atoms with E-state index >= 15 is 0 Å². The second-order valence-electron chi connectivity index (χ2n) is 3.90. The van der Waals surface area contributed by atoms with Crippen molar-refractivity contribution in [3.63, 3.8) is 0 Å². The van der Waals surface area contributed by atoms with Gasteiger partial charge in [-0.25, -0.2) is 0 Å². The maximum Gasteiger partial charge on any atom is 0.162 e. The van der Waals surface area contributed by atoms with E-state index in [1.165, 1.54) is 0 Å². The average Bonchev–Trinajstić information content (AvgIpc) is 2.39. The Morgan fingerprint density at radius 3 is 2.37 bits per heavy atom. The van der Waals surface area contributed by atoms with Gasteiger partial charge in [-0.1, -0.05) is 29.3 Å². The summed E-state index contributed by atoms with van der Waals surface area (Å²) in [4.78, 5) is 0. The largest absolute Gasteiger partial charge is 0.493 e. The number of nitrogens with two attached hydrogens (primary N) is 1. The SMILES string of the molecule is COc1cc(N)ccc1OCc1c(Cl)cccc1Cl. The number of nitrogen functional groups attached to an aromatic ring is 1. The van der Waals surface area contributed by atoms with Gasteiger partial charge in [0, 0.05) is 27.4 Å². The van der Waals surface area contributed by atoms with Gasteiger partial charge in [0.15, 0.2) is 11.5 Å². The first-order valence-corrected chi connectivity index (χ1v) is 6.36. The third-order valence-electron chi connectivity index (χ3n) is 2.62. The summed E-state index contributed by atoms with van der Waals surface area (Å²) in [7, 11) is 1.56. The molecule has 0 saturated heterocycles. The number of halogens is 2. The zero-order chi connectivity index (χ0) is 13.8. The van der Waals surface area contributed by atoms with Crippen molar-refractivity contribution >= 4 is 28.9 Å². The summed E-state index contributed by atoms with van der Waals surface area (Å²) in [6.45, 7) is 0.263. The van der Waals surface area contributed by atoms with Gasteiger partial charge in [0.1, 0.15) is 6.61 Å². The summed E-state index contributed by atoms with van der Waals surface area (Å²) in [5.41, 5.74) is 7.03. The van der Waals surface area contributed by atoms with E-state index in [4.69, 9.17) is 38.4 Å². The van der Waals surface area contributed by atoms with E-state index in [1.54, 1.807) is 43.5 Å².